The van der Waals surface area contributed by atoms with Gasteiger partial charge in [-0.05, 0) is 32.5 Å². The van der Waals surface area contributed by atoms with Crippen LogP contribution >= 0.6 is 11.3 Å². The highest BCUT2D eigenvalue weighted by Gasteiger charge is 2.18. The summed E-state index contributed by atoms with van der Waals surface area (Å²) in [4.78, 5) is 14.6. The zero-order valence-electron chi connectivity index (χ0n) is 10.8. The van der Waals surface area contributed by atoms with Crippen molar-refractivity contribution in [3.05, 3.63) is 21.9 Å². The maximum absolute atomic E-state index is 11.0. The summed E-state index contributed by atoms with van der Waals surface area (Å²) < 4.78 is 0. The van der Waals surface area contributed by atoms with E-state index < -0.39 is 0 Å². The molecule has 0 saturated carbocycles. The van der Waals surface area contributed by atoms with Gasteiger partial charge in [-0.25, -0.2) is 0 Å². The highest BCUT2D eigenvalue weighted by molar-refractivity contribution is 7.10. The minimum Gasteiger partial charge on any atom is -0.366 e. The molecule has 2 rings (SSSR count). The Morgan fingerprint density at radius 2 is 2.44 bits per heavy atom. The molecule has 1 aromatic heterocycles. The van der Waals surface area contributed by atoms with E-state index in [0.717, 1.165) is 13.1 Å². The molecule has 0 aromatic carbocycles. The van der Waals surface area contributed by atoms with Crippen molar-refractivity contribution in [3.63, 3.8) is 0 Å². The maximum atomic E-state index is 11.0. The van der Waals surface area contributed by atoms with E-state index in [4.69, 9.17) is 5.73 Å². The first-order valence-electron chi connectivity index (χ1n) is 6.45. The van der Waals surface area contributed by atoms with Gasteiger partial charge >= 0.3 is 0 Å². The van der Waals surface area contributed by atoms with Crippen LogP contribution in [0, 0.1) is 0 Å². The zero-order valence-corrected chi connectivity index (χ0v) is 11.6. The molecular formula is C13H21N3OS. The number of carbonyl (C=O) groups excluding carboxylic acids is 1. The summed E-state index contributed by atoms with van der Waals surface area (Å²) in [6, 6.07) is 2.53. The molecule has 1 unspecified atom stereocenters. The van der Waals surface area contributed by atoms with Gasteiger partial charge in [0.2, 0.25) is 5.91 Å². The third-order valence-electron chi connectivity index (χ3n) is 3.54. The van der Waals surface area contributed by atoms with Crippen LogP contribution < -0.4 is 11.1 Å². The van der Waals surface area contributed by atoms with Gasteiger partial charge in [0.05, 0.1) is 5.56 Å². The lowest BCUT2D eigenvalue weighted by molar-refractivity contribution is 0.100. The third-order valence-corrected chi connectivity index (χ3v) is 4.48. The first kappa shape index (κ1) is 13.5. The second kappa shape index (κ2) is 6.31. The van der Waals surface area contributed by atoms with Crippen molar-refractivity contribution in [2.75, 3.05) is 20.1 Å². The van der Waals surface area contributed by atoms with Gasteiger partial charge in [0.1, 0.15) is 0 Å². The van der Waals surface area contributed by atoms with Crippen LogP contribution in [0.1, 0.15) is 34.5 Å². The molecule has 3 N–H and O–H groups in total. The molecule has 5 heteroatoms. The highest BCUT2D eigenvalue weighted by Crippen LogP contribution is 2.16. The number of thiophene rings is 1. The van der Waals surface area contributed by atoms with Gasteiger partial charge < -0.3 is 16.0 Å². The lowest BCUT2D eigenvalue weighted by Crippen LogP contribution is -2.42. The van der Waals surface area contributed by atoms with Crippen molar-refractivity contribution in [1.29, 1.82) is 0 Å². The quantitative estimate of drug-likeness (QED) is 0.848. The largest absolute Gasteiger partial charge is 0.366 e. The first-order chi connectivity index (χ1) is 8.66. The molecule has 0 spiro atoms. The summed E-state index contributed by atoms with van der Waals surface area (Å²) in [5, 5.41) is 5.30. The molecule has 2 heterocycles. The summed E-state index contributed by atoms with van der Waals surface area (Å²) in [6.07, 6.45) is 3.93. The summed E-state index contributed by atoms with van der Waals surface area (Å²) >= 11 is 1.59. The average molecular weight is 267 g/mol. The Hall–Kier alpha value is -0.910. The van der Waals surface area contributed by atoms with Gasteiger partial charge in [-0.15, -0.1) is 11.3 Å². The van der Waals surface area contributed by atoms with Crippen molar-refractivity contribution in [2.24, 2.45) is 5.73 Å². The fraction of sp³-hybridized carbons (Fsp3) is 0.615. The standard InChI is InChI=1S/C13H21N3OS/c1-16-5-3-2-4-11(16)7-15-8-12-6-10(9-18-12)13(14)17/h6,9,11,15H,2-5,7-8H2,1H3,(H2,14,17). The lowest BCUT2D eigenvalue weighted by Gasteiger charge is -2.32. The maximum Gasteiger partial charge on any atom is 0.249 e. The summed E-state index contributed by atoms with van der Waals surface area (Å²) in [5.74, 6) is -0.343. The summed E-state index contributed by atoms with van der Waals surface area (Å²) in [5.41, 5.74) is 5.85. The number of likely N-dealkylation sites (tertiary alicyclic amines) is 1. The fourth-order valence-electron chi connectivity index (χ4n) is 2.37. The van der Waals surface area contributed by atoms with Crippen LogP contribution in [0.3, 0.4) is 0 Å². The normalized spacial score (nSPS) is 21.1. The number of nitrogens with zero attached hydrogens (tertiary/aromatic N) is 1. The van der Waals surface area contributed by atoms with Crippen LogP contribution in [0.2, 0.25) is 0 Å². The van der Waals surface area contributed by atoms with Gasteiger partial charge in [0.15, 0.2) is 0 Å². The predicted octanol–water partition coefficient (Wildman–Crippen LogP) is 1.42. The van der Waals surface area contributed by atoms with Crippen LogP contribution in [0.15, 0.2) is 11.4 Å². The number of likely N-dealkylation sites (N-methyl/N-ethyl adjacent to an activating group) is 1. The van der Waals surface area contributed by atoms with Crippen molar-refractivity contribution in [3.8, 4) is 0 Å². The Labute approximate surface area is 112 Å². The predicted molar refractivity (Wildman–Crippen MR) is 74.8 cm³/mol. The van der Waals surface area contributed by atoms with E-state index >= 15 is 0 Å². The molecule has 1 saturated heterocycles. The summed E-state index contributed by atoms with van der Waals surface area (Å²) in [6.45, 7) is 3.04. The van der Waals surface area contributed by atoms with Crippen LogP contribution in [0.25, 0.3) is 0 Å². The van der Waals surface area contributed by atoms with Crippen LogP contribution in [-0.4, -0.2) is 37.0 Å². The van der Waals surface area contributed by atoms with Gasteiger partial charge in [-0.2, -0.15) is 0 Å². The first-order valence-corrected chi connectivity index (χ1v) is 7.33. The number of piperidine rings is 1. The van der Waals surface area contributed by atoms with Gasteiger partial charge in [0, 0.05) is 29.4 Å². The number of carbonyl (C=O) groups is 1. The molecule has 0 bridgehead atoms. The van der Waals surface area contributed by atoms with Gasteiger partial charge in [0.25, 0.3) is 0 Å². The number of amides is 1. The van der Waals surface area contributed by atoms with E-state index in [1.807, 2.05) is 11.4 Å². The Morgan fingerprint density at radius 1 is 1.61 bits per heavy atom. The molecule has 1 aliphatic rings. The molecule has 4 nitrogen and oxygen atoms in total. The number of nitrogens with two attached hydrogens (primary N) is 1. The monoisotopic (exact) mass is 267 g/mol. The number of rotatable bonds is 5. The van der Waals surface area contributed by atoms with Crippen molar-refractivity contribution >= 4 is 17.2 Å². The van der Waals surface area contributed by atoms with E-state index in [0.29, 0.717) is 11.6 Å². The molecule has 1 amide bonds. The second-order valence-electron chi connectivity index (χ2n) is 4.93. The van der Waals surface area contributed by atoms with Crippen LogP contribution in [0.4, 0.5) is 0 Å². The van der Waals surface area contributed by atoms with Crippen molar-refractivity contribution in [1.82, 2.24) is 10.2 Å². The molecular weight excluding hydrogens is 246 g/mol. The molecule has 0 radical (unpaired) electrons. The average Bonchev–Trinajstić information content (AvgIpc) is 2.80. The van der Waals surface area contributed by atoms with E-state index in [9.17, 15) is 4.79 Å². The van der Waals surface area contributed by atoms with Gasteiger partial charge in [-0.1, -0.05) is 6.42 Å². The number of primary amides is 1. The third kappa shape index (κ3) is 3.54. The minimum atomic E-state index is -0.343. The SMILES string of the molecule is CN1CCCCC1CNCc1cc(C(N)=O)cs1. The lowest BCUT2D eigenvalue weighted by atomic mass is 10.0. The van der Waals surface area contributed by atoms with Gasteiger partial charge in [-0.3, -0.25) is 4.79 Å². The molecule has 1 aliphatic heterocycles. The highest BCUT2D eigenvalue weighted by atomic mass is 32.1. The topological polar surface area (TPSA) is 58.4 Å². The second-order valence-corrected chi connectivity index (χ2v) is 5.92. The molecule has 18 heavy (non-hydrogen) atoms. The smallest absolute Gasteiger partial charge is 0.249 e. The molecule has 100 valence electrons. The molecule has 1 atom stereocenters. The fourth-order valence-corrected chi connectivity index (χ4v) is 3.21. The Morgan fingerprint density at radius 3 is 3.11 bits per heavy atom. The zero-order chi connectivity index (χ0) is 13.0. The van der Waals surface area contributed by atoms with Crippen molar-refractivity contribution < 1.29 is 4.79 Å². The number of hydrogen-bond acceptors (Lipinski definition) is 4. The molecule has 1 aromatic rings. The number of hydrogen-bond donors (Lipinski definition) is 2. The molecule has 0 aliphatic carbocycles. The summed E-state index contributed by atoms with van der Waals surface area (Å²) in [7, 11) is 2.20. The number of nitrogens with one attached hydrogen (secondary N) is 1. The minimum absolute atomic E-state index is 0.343. The Bertz CT molecular complexity index is 405. The van der Waals surface area contributed by atoms with Crippen LogP contribution in [0.5, 0.6) is 0 Å². The van der Waals surface area contributed by atoms with E-state index in [1.54, 1.807) is 11.3 Å². The van der Waals surface area contributed by atoms with Crippen molar-refractivity contribution in [2.45, 2.75) is 31.8 Å². The Balaban J connectivity index is 1.75. The van der Waals surface area contributed by atoms with E-state index in [1.165, 1.54) is 30.7 Å². The van der Waals surface area contributed by atoms with E-state index in [-0.39, 0.29) is 5.91 Å². The Kier molecular flexibility index (Phi) is 4.74. The van der Waals surface area contributed by atoms with E-state index in [2.05, 4.69) is 17.3 Å². The van der Waals surface area contributed by atoms with Crippen LogP contribution in [-0.2, 0) is 6.54 Å². The molecule has 1 fully saturated rings.